The molecule has 6 heteroatoms. The van der Waals surface area contributed by atoms with E-state index in [0.717, 1.165) is 57.3 Å². The summed E-state index contributed by atoms with van der Waals surface area (Å²) in [6, 6.07) is 43.1. The predicted octanol–water partition coefficient (Wildman–Crippen LogP) is 8.02. The molecule has 1 aliphatic rings. The van der Waals surface area contributed by atoms with Gasteiger partial charge in [0.05, 0.1) is 21.9 Å². The summed E-state index contributed by atoms with van der Waals surface area (Å²) < 4.78 is 31.9. The normalized spacial score (nSPS) is 15.0. The van der Waals surface area contributed by atoms with Gasteiger partial charge in [0.15, 0.2) is 0 Å². The van der Waals surface area contributed by atoms with Gasteiger partial charge in [-0.25, -0.2) is 0 Å². The van der Waals surface area contributed by atoms with Crippen molar-refractivity contribution in [2.24, 2.45) is 0 Å². The van der Waals surface area contributed by atoms with Crippen LogP contribution in [0.25, 0.3) is 0 Å². The van der Waals surface area contributed by atoms with E-state index in [1.54, 1.807) is 6.07 Å². The van der Waals surface area contributed by atoms with Crippen LogP contribution in [-0.2, 0) is 32.3 Å². The Balaban J connectivity index is 1.67. The summed E-state index contributed by atoms with van der Waals surface area (Å²) in [5.74, 6) is -0.0506. The van der Waals surface area contributed by atoms with E-state index in [-0.39, 0.29) is 10.8 Å². The molecule has 0 N–H and O–H groups in total. The molecule has 43 heavy (non-hydrogen) atoms. The number of hydrogen-bond donors (Lipinski definition) is 0. The third kappa shape index (κ3) is 5.11. The third-order valence-electron chi connectivity index (χ3n) is 8.87. The second-order valence-corrected chi connectivity index (χ2v) is 13.2. The zero-order chi connectivity index (χ0) is 30.0. The lowest BCUT2D eigenvalue weighted by Crippen LogP contribution is -2.33. The van der Waals surface area contributed by atoms with Crippen LogP contribution in [0.5, 0.6) is 0 Å². The van der Waals surface area contributed by atoms with E-state index in [2.05, 4.69) is 85.8 Å². The van der Waals surface area contributed by atoms with Crippen LogP contribution < -0.4 is 0 Å². The van der Waals surface area contributed by atoms with Crippen molar-refractivity contribution >= 4 is 19.6 Å². The maximum Gasteiger partial charge on any atom is 0.299 e. The van der Waals surface area contributed by atoms with E-state index in [1.165, 1.54) is 0 Å². The molecule has 0 saturated heterocycles. The average Bonchev–Trinajstić information content (AvgIpc) is 3.06. The molecular weight excluding hydrogens is 569 g/mol. The molecule has 1 aliphatic carbocycles. The molecule has 4 nitrogen and oxygen atoms in total. The van der Waals surface area contributed by atoms with Gasteiger partial charge in [-0.3, -0.25) is 3.97 Å². The van der Waals surface area contributed by atoms with Crippen molar-refractivity contribution < 1.29 is 12.4 Å². The number of nitrogens with zero attached hydrogens (tertiary/aromatic N) is 1. The minimum atomic E-state index is -4.02. The van der Waals surface area contributed by atoms with Crippen molar-refractivity contribution in [1.29, 1.82) is 5.26 Å². The molecule has 2 atom stereocenters. The molecule has 0 radical (unpaired) electrons. The zero-order valence-electron chi connectivity index (χ0n) is 23.9. The van der Waals surface area contributed by atoms with Crippen molar-refractivity contribution in [2.75, 3.05) is 0 Å². The van der Waals surface area contributed by atoms with Crippen LogP contribution in [0.15, 0.2) is 126 Å². The SMILES string of the molecule is Cc1c(C(c2ccccc2)(c2ccccc2)c2ccccc2)ccc(S(=O)(=O)OP)c1C1CCc2cc(C#N)ccc2C1. The quantitative estimate of drug-likeness (QED) is 0.140. The van der Waals surface area contributed by atoms with E-state index in [0.29, 0.717) is 12.0 Å². The standard InChI is InChI=1S/C37H32NO3PS/c1-26-34(37(31-11-5-2-6-12-31,32-13-7-3-8-14-32)33-15-9-4-10-16-33)21-22-35(43(39,40)41-42)36(26)30-20-19-28-23-27(25-38)17-18-29(28)24-30/h2-18,21-23,30H,19-20,24,42H2,1H3. The number of hydrogen-bond acceptors (Lipinski definition) is 4. The van der Waals surface area contributed by atoms with E-state index < -0.39 is 15.5 Å². The third-order valence-corrected chi connectivity index (χ3v) is 10.8. The molecule has 0 aliphatic heterocycles. The Kier molecular flexibility index (Phi) is 8.03. The smallest absolute Gasteiger partial charge is 0.251 e. The first-order valence-corrected chi connectivity index (χ1v) is 16.2. The van der Waals surface area contributed by atoms with Gasteiger partial charge in [0.25, 0.3) is 10.1 Å². The fraction of sp³-hybridized carbons (Fsp3) is 0.162. The largest absolute Gasteiger partial charge is 0.299 e. The van der Waals surface area contributed by atoms with Crippen LogP contribution >= 0.6 is 9.47 Å². The van der Waals surface area contributed by atoms with Crippen LogP contribution in [0, 0.1) is 18.3 Å². The summed E-state index contributed by atoms with van der Waals surface area (Å²) in [5, 5.41) is 9.41. The Morgan fingerprint density at radius 1 is 0.791 bits per heavy atom. The first-order chi connectivity index (χ1) is 20.9. The molecule has 0 bridgehead atoms. The van der Waals surface area contributed by atoms with E-state index in [1.807, 2.05) is 51.9 Å². The summed E-state index contributed by atoms with van der Waals surface area (Å²) in [6.07, 6.45) is 2.21. The van der Waals surface area contributed by atoms with Gasteiger partial charge in [-0.15, -0.1) is 0 Å². The van der Waals surface area contributed by atoms with Crippen molar-refractivity contribution in [3.05, 3.63) is 171 Å². The Morgan fingerprint density at radius 2 is 1.35 bits per heavy atom. The highest BCUT2D eigenvalue weighted by atomic mass is 32.2. The van der Waals surface area contributed by atoms with Gasteiger partial charge in [-0.2, -0.15) is 13.7 Å². The maximum absolute atomic E-state index is 13.4. The van der Waals surface area contributed by atoms with Crippen LogP contribution in [0.1, 0.15) is 62.4 Å². The van der Waals surface area contributed by atoms with E-state index >= 15 is 0 Å². The molecule has 6 rings (SSSR count). The summed E-state index contributed by atoms with van der Waals surface area (Å²) in [6.45, 7) is 2.06. The molecule has 214 valence electrons. The Morgan fingerprint density at radius 3 is 1.86 bits per heavy atom. The van der Waals surface area contributed by atoms with Crippen molar-refractivity contribution in [1.82, 2.24) is 0 Å². The topological polar surface area (TPSA) is 67.2 Å². The Hall–Kier alpha value is -4.07. The fourth-order valence-electron chi connectivity index (χ4n) is 6.99. The number of aryl methyl sites for hydroxylation is 1. The minimum absolute atomic E-state index is 0.0506. The summed E-state index contributed by atoms with van der Waals surface area (Å²) >= 11 is 0. The first-order valence-electron chi connectivity index (χ1n) is 14.4. The molecular formula is C37H32NO3PS. The van der Waals surface area contributed by atoms with Gasteiger partial charge in [0, 0.05) is 9.47 Å². The van der Waals surface area contributed by atoms with E-state index in [9.17, 15) is 13.7 Å². The monoisotopic (exact) mass is 601 g/mol. The number of nitriles is 1. The number of fused-ring (bicyclic) bond motifs is 1. The molecule has 5 aromatic carbocycles. The maximum atomic E-state index is 13.4. The predicted molar refractivity (Wildman–Crippen MR) is 173 cm³/mol. The van der Waals surface area contributed by atoms with Gasteiger partial charge in [0.2, 0.25) is 0 Å². The molecule has 2 unspecified atom stereocenters. The van der Waals surface area contributed by atoms with Crippen LogP contribution in [-0.4, -0.2) is 8.42 Å². The van der Waals surface area contributed by atoms with Crippen molar-refractivity contribution in [3.63, 3.8) is 0 Å². The molecule has 0 fully saturated rings. The first kappa shape index (κ1) is 29.0. The average molecular weight is 602 g/mol. The highest BCUT2D eigenvalue weighted by molar-refractivity contribution is 7.88. The van der Waals surface area contributed by atoms with Gasteiger partial charge in [-0.05, 0) is 94.8 Å². The lowest BCUT2D eigenvalue weighted by Gasteiger charge is -2.39. The summed E-state index contributed by atoms with van der Waals surface area (Å²) in [7, 11) is -2.11. The number of benzene rings is 5. The fourth-order valence-corrected chi connectivity index (χ4v) is 8.23. The zero-order valence-corrected chi connectivity index (χ0v) is 25.9. The van der Waals surface area contributed by atoms with Gasteiger partial charge < -0.3 is 0 Å². The van der Waals surface area contributed by atoms with Crippen LogP contribution in [0.2, 0.25) is 0 Å². The van der Waals surface area contributed by atoms with Gasteiger partial charge in [-0.1, -0.05) is 103 Å². The molecule has 0 saturated carbocycles. The molecule has 0 aromatic heterocycles. The van der Waals surface area contributed by atoms with Crippen LogP contribution in [0.4, 0.5) is 0 Å². The molecule has 0 amide bonds. The highest BCUT2D eigenvalue weighted by Gasteiger charge is 2.41. The van der Waals surface area contributed by atoms with Crippen molar-refractivity contribution in [3.8, 4) is 6.07 Å². The second kappa shape index (κ2) is 11.9. The number of rotatable bonds is 7. The van der Waals surface area contributed by atoms with E-state index in [4.69, 9.17) is 3.97 Å². The summed E-state index contributed by atoms with van der Waals surface area (Å²) in [4.78, 5) is 0.203. The highest BCUT2D eigenvalue weighted by Crippen LogP contribution is 2.49. The molecule has 5 aromatic rings. The van der Waals surface area contributed by atoms with Crippen molar-refractivity contribution in [2.45, 2.75) is 42.4 Å². The van der Waals surface area contributed by atoms with Gasteiger partial charge >= 0.3 is 0 Å². The Bertz CT molecular complexity index is 1820. The Labute approximate surface area is 256 Å². The molecule has 0 spiro atoms. The minimum Gasteiger partial charge on any atom is -0.251 e. The lowest BCUT2D eigenvalue weighted by molar-refractivity contribution is 0.509. The lowest BCUT2D eigenvalue weighted by atomic mass is 9.63. The van der Waals surface area contributed by atoms with Crippen LogP contribution in [0.3, 0.4) is 0 Å². The van der Waals surface area contributed by atoms with Gasteiger partial charge in [0.1, 0.15) is 0 Å². The summed E-state index contributed by atoms with van der Waals surface area (Å²) in [5.41, 5.74) is 8.28. The molecule has 0 heterocycles. The second-order valence-electron chi connectivity index (χ2n) is 11.1.